The molecule has 0 unspecified atom stereocenters. The number of carbonyl (C=O) groups is 2. The minimum absolute atomic E-state index is 0.0823. The molecule has 0 aliphatic carbocycles. The highest BCUT2D eigenvalue weighted by Gasteiger charge is 2.44. The molecule has 1 amide bonds. The Balaban J connectivity index is 0.000000708. The van der Waals surface area contributed by atoms with Crippen molar-refractivity contribution >= 4 is 29.2 Å². The highest BCUT2D eigenvalue weighted by atomic mass is 35.5. The molecule has 17 heteroatoms. The number of carboxylic acids is 1. The summed E-state index contributed by atoms with van der Waals surface area (Å²) in [5.41, 5.74) is 6.82. The second kappa shape index (κ2) is 13.3. The minimum Gasteiger partial charge on any atom is -0.492 e. The van der Waals surface area contributed by atoms with Gasteiger partial charge in [-0.2, -0.15) is 35.8 Å². The molecule has 3 rings (SSSR count). The number of alkyl halides is 7. The van der Waals surface area contributed by atoms with E-state index < -0.39 is 36.3 Å². The first kappa shape index (κ1) is 32.2. The molecule has 0 aliphatic heterocycles. The monoisotopic (exact) mass is 600 g/mol. The van der Waals surface area contributed by atoms with E-state index in [0.29, 0.717) is 27.7 Å². The predicted octanol–water partition coefficient (Wildman–Crippen LogP) is 5.20. The lowest BCUT2D eigenvalue weighted by molar-refractivity contribution is -0.253. The fourth-order valence-corrected chi connectivity index (χ4v) is 3.17. The fourth-order valence-electron chi connectivity index (χ4n) is 2.91. The van der Waals surface area contributed by atoms with E-state index in [9.17, 15) is 35.5 Å². The Kier molecular flexibility index (Phi) is 10.7. The third-order valence-corrected chi connectivity index (χ3v) is 4.89. The molecule has 0 aliphatic rings. The van der Waals surface area contributed by atoms with Gasteiger partial charge in [0.1, 0.15) is 18.1 Å². The smallest absolute Gasteiger partial charge is 0.490 e. The van der Waals surface area contributed by atoms with Gasteiger partial charge in [-0.3, -0.25) is 9.48 Å². The van der Waals surface area contributed by atoms with Gasteiger partial charge in [-0.1, -0.05) is 17.7 Å². The summed E-state index contributed by atoms with van der Waals surface area (Å²) in [6.07, 6.45) is -12.3. The quantitative estimate of drug-likeness (QED) is 0.288. The minimum atomic E-state index is -5.08. The highest BCUT2D eigenvalue weighted by molar-refractivity contribution is 6.33. The lowest BCUT2D eigenvalue weighted by Crippen LogP contribution is -2.33. The topological polar surface area (TPSA) is 129 Å². The van der Waals surface area contributed by atoms with Crippen molar-refractivity contribution in [2.45, 2.75) is 18.7 Å². The molecule has 0 fully saturated rings. The van der Waals surface area contributed by atoms with Crippen LogP contribution in [0.15, 0.2) is 48.7 Å². The van der Waals surface area contributed by atoms with Crippen molar-refractivity contribution < 1.29 is 54.9 Å². The molecule has 0 saturated heterocycles. The number of nitrogens with zero attached hydrogens (tertiary/aromatic N) is 2. The Bertz CT molecular complexity index is 1320. The number of nitrogens with two attached hydrogens (primary N) is 1. The predicted molar refractivity (Wildman–Crippen MR) is 128 cm³/mol. The summed E-state index contributed by atoms with van der Waals surface area (Å²) in [5, 5.41) is 14.2. The molecule has 0 saturated carbocycles. The van der Waals surface area contributed by atoms with E-state index in [-0.39, 0.29) is 18.7 Å². The summed E-state index contributed by atoms with van der Waals surface area (Å²) in [7, 11) is 1.68. The lowest BCUT2D eigenvalue weighted by atomic mass is 10.1. The van der Waals surface area contributed by atoms with Gasteiger partial charge in [0.2, 0.25) is 0 Å². The molecule has 40 heavy (non-hydrogen) atoms. The number of aryl methyl sites for hydroxylation is 1. The van der Waals surface area contributed by atoms with Crippen LogP contribution in [0.5, 0.6) is 11.5 Å². The van der Waals surface area contributed by atoms with E-state index in [1.165, 1.54) is 23.0 Å². The Morgan fingerprint density at radius 2 is 1.80 bits per heavy atom. The lowest BCUT2D eigenvalue weighted by Gasteiger charge is -2.17. The van der Waals surface area contributed by atoms with Gasteiger partial charge in [0, 0.05) is 30.4 Å². The highest BCUT2D eigenvalue weighted by Crippen LogP contribution is 2.37. The van der Waals surface area contributed by atoms with Crippen LogP contribution in [-0.2, 0) is 11.8 Å². The van der Waals surface area contributed by atoms with Crippen LogP contribution in [0.3, 0.4) is 0 Å². The maximum absolute atomic E-state index is 13.2. The number of hydrogen-bond acceptors (Lipinski definition) is 6. The first-order valence-corrected chi connectivity index (χ1v) is 11.2. The van der Waals surface area contributed by atoms with Gasteiger partial charge in [0.25, 0.3) is 5.91 Å². The number of nitrogens with one attached hydrogen (secondary N) is 1. The largest absolute Gasteiger partial charge is 0.492 e. The number of rotatable bonds is 9. The van der Waals surface area contributed by atoms with Crippen LogP contribution >= 0.6 is 11.6 Å². The number of carbonyl (C=O) groups excluding carboxylic acids is 1. The molecular formula is C23H20ClF7N4O5. The molecule has 0 spiro atoms. The van der Waals surface area contributed by atoms with Crippen LogP contribution in [-0.4, -0.2) is 58.6 Å². The van der Waals surface area contributed by atoms with Crippen LogP contribution in [0.1, 0.15) is 10.4 Å². The molecular weight excluding hydrogens is 581 g/mol. The van der Waals surface area contributed by atoms with Gasteiger partial charge < -0.3 is 25.6 Å². The molecule has 0 bridgehead atoms. The molecule has 0 atom stereocenters. The molecule has 0 radical (unpaired) electrons. The number of anilines is 1. The summed E-state index contributed by atoms with van der Waals surface area (Å²) < 4.78 is 94.1. The average molecular weight is 601 g/mol. The number of aromatic nitrogens is 2. The standard InChI is InChI=1S/C21H19ClF4N4O3.C2HF3O2/c1-30-18(16(22)11-28-30)15-10-13(5-6-17(15)32-8-7-27)29-19(31)12-3-2-4-14(9-12)33-21(25,26)20(23)24;3-2(4,5)1(6)7/h2-6,9-11,20H,7-8,27H2,1H3,(H,29,31);(H,6,7). The van der Waals surface area contributed by atoms with Crippen LogP contribution in [0, 0.1) is 0 Å². The van der Waals surface area contributed by atoms with E-state index in [4.69, 9.17) is 32.0 Å². The van der Waals surface area contributed by atoms with Gasteiger partial charge in [-0.15, -0.1) is 0 Å². The number of carboxylic acid groups (broad SMARTS) is 1. The Labute approximate surface area is 226 Å². The third-order valence-electron chi connectivity index (χ3n) is 4.61. The van der Waals surface area contributed by atoms with Crippen LogP contribution in [0.2, 0.25) is 5.02 Å². The third kappa shape index (κ3) is 8.74. The van der Waals surface area contributed by atoms with Crippen molar-refractivity contribution in [1.29, 1.82) is 0 Å². The Morgan fingerprint density at radius 3 is 2.33 bits per heavy atom. The fraction of sp³-hybridized carbons (Fsp3) is 0.261. The number of ether oxygens (including phenoxy) is 2. The molecule has 4 N–H and O–H groups in total. The summed E-state index contributed by atoms with van der Waals surface area (Å²) in [6, 6.07) is 9.28. The second-order valence-electron chi connectivity index (χ2n) is 7.56. The summed E-state index contributed by atoms with van der Waals surface area (Å²) in [5.74, 6) is -3.57. The zero-order valence-corrected chi connectivity index (χ0v) is 20.9. The zero-order chi connectivity index (χ0) is 30.3. The summed E-state index contributed by atoms with van der Waals surface area (Å²) in [4.78, 5) is 21.6. The normalized spacial score (nSPS) is 11.5. The number of amides is 1. The number of benzene rings is 2. The molecule has 1 heterocycles. The molecule has 2 aromatic carbocycles. The van der Waals surface area contributed by atoms with Crippen molar-refractivity contribution in [2.24, 2.45) is 12.8 Å². The maximum Gasteiger partial charge on any atom is 0.490 e. The van der Waals surface area contributed by atoms with Crippen molar-refractivity contribution in [3.63, 3.8) is 0 Å². The van der Waals surface area contributed by atoms with Crippen molar-refractivity contribution in [1.82, 2.24) is 9.78 Å². The van der Waals surface area contributed by atoms with Crippen LogP contribution in [0.4, 0.5) is 36.4 Å². The number of hydrogen-bond donors (Lipinski definition) is 3. The van der Waals surface area contributed by atoms with Crippen LogP contribution < -0.4 is 20.5 Å². The van der Waals surface area contributed by atoms with E-state index >= 15 is 0 Å². The van der Waals surface area contributed by atoms with Crippen molar-refractivity contribution in [3.8, 4) is 22.8 Å². The van der Waals surface area contributed by atoms with Gasteiger partial charge >= 0.3 is 24.7 Å². The Hall–Kier alpha value is -4.05. The zero-order valence-electron chi connectivity index (χ0n) is 20.2. The van der Waals surface area contributed by atoms with E-state index in [1.54, 1.807) is 25.2 Å². The summed E-state index contributed by atoms with van der Waals surface area (Å²) in [6.45, 7) is 0.518. The van der Waals surface area contributed by atoms with E-state index in [0.717, 1.165) is 12.1 Å². The van der Waals surface area contributed by atoms with Crippen molar-refractivity contribution in [3.05, 3.63) is 59.2 Å². The Morgan fingerprint density at radius 1 is 1.15 bits per heavy atom. The van der Waals surface area contributed by atoms with Gasteiger partial charge in [-0.25, -0.2) is 4.79 Å². The molecule has 1 aromatic heterocycles. The average Bonchev–Trinajstić information content (AvgIpc) is 3.20. The van der Waals surface area contributed by atoms with Crippen LogP contribution in [0.25, 0.3) is 11.3 Å². The van der Waals surface area contributed by atoms with Gasteiger partial charge in [0.05, 0.1) is 16.9 Å². The van der Waals surface area contributed by atoms with E-state index in [1.807, 2.05) is 0 Å². The van der Waals surface area contributed by atoms with Gasteiger partial charge in [-0.05, 0) is 36.4 Å². The number of halogens is 8. The second-order valence-corrected chi connectivity index (χ2v) is 7.97. The van der Waals surface area contributed by atoms with Gasteiger partial charge in [0.15, 0.2) is 0 Å². The van der Waals surface area contributed by atoms with E-state index in [2.05, 4.69) is 15.2 Å². The number of aliphatic carboxylic acids is 1. The molecule has 218 valence electrons. The maximum atomic E-state index is 13.2. The first-order chi connectivity index (χ1) is 18.6. The summed E-state index contributed by atoms with van der Waals surface area (Å²) >= 11 is 6.25. The molecule has 3 aromatic rings. The first-order valence-electron chi connectivity index (χ1n) is 10.8. The van der Waals surface area contributed by atoms with Crippen molar-refractivity contribution in [2.75, 3.05) is 18.5 Å². The SMILES string of the molecule is Cn1ncc(Cl)c1-c1cc(NC(=O)c2cccc(OC(F)(F)C(F)F)c2)ccc1OCCN.O=C(O)C(F)(F)F. The molecule has 9 nitrogen and oxygen atoms in total.